The lowest BCUT2D eigenvalue weighted by atomic mass is 10.2. The number of pyridine rings is 1. The molecule has 0 aliphatic carbocycles. The van der Waals surface area contributed by atoms with E-state index >= 15 is 0 Å². The van der Waals surface area contributed by atoms with Gasteiger partial charge < -0.3 is 14.4 Å². The molecule has 0 spiro atoms. The Morgan fingerprint density at radius 3 is 2.89 bits per heavy atom. The zero-order chi connectivity index (χ0) is 13.9. The van der Waals surface area contributed by atoms with Crippen LogP contribution in [0.5, 0.6) is 5.75 Å². The molecule has 0 radical (unpaired) electrons. The van der Waals surface area contributed by atoms with E-state index in [1.807, 2.05) is 32.9 Å². The van der Waals surface area contributed by atoms with Crippen LogP contribution in [0.3, 0.4) is 0 Å². The van der Waals surface area contributed by atoms with Crippen LogP contribution in [0.1, 0.15) is 27.2 Å². The first-order chi connectivity index (χ1) is 8.94. The summed E-state index contributed by atoms with van der Waals surface area (Å²) in [6.45, 7) is 6.82. The lowest BCUT2D eigenvalue weighted by Gasteiger charge is -2.24. The number of carbonyl (C=O) groups excluding carboxylic acids is 1. The highest BCUT2D eigenvalue weighted by molar-refractivity contribution is 5.68. The maximum atomic E-state index is 11.9. The molecule has 1 atom stereocenters. The Bertz CT molecular complexity index is 428. The molecule has 1 aliphatic rings. The minimum atomic E-state index is -0.459. The number of hydrogen-bond acceptors (Lipinski definition) is 4. The highest BCUT2D eigenvalue weighted by atomic mass is 16.6. The van der Waals surface area contributed by atoms with Crippen molar-refractivity contribution in [3.05, 3.63) is 24.5 Å². The van der Waals surface area contributed by atoms with Crippen LogP contribution in [0.4, 0.5) is 4.79 Å². The van der Waals surface area contributed by atoms with Crippen molar-refractivity contribution in [1.29, 1.82) is 0 Å². The molecule has 0 aromatic carbocycles. The maximum absolute atomic E-state index is 11.9. The SMILES string of the molecule is CC(C)(C)OC(=O)N1CC[C@@H](Oc2cccnc2)C1. The average molecular weight is 264 g/mol. The summed E-state index contributed by atoms with van der Waals surface area (Å²) in [5.41, 5.74) is -0.459. The van der Waals surface area contributed by atoms with Gasteiger partial charge in [0.1, 0.15) is 17.5 Å². The molecule has 0 bridgehead atoms. The number of aromatic nitrogens is 1. The monoisotopic (exact) mass is 264 g/mol. The van der Waals surface area contributed by atoms with Crippen LogP contribution < -0.4 is 4.74 Å². The predicted molar refractivity (Wildman–Crippen MR) is 71.1 cm³/mol. The number of likely N-dealkylation sites (tertiary alicyclic amines) is 1. The summed E-state index contributed by atoms with van der Waals surface area (Å²) in [5, 5.41) is 0. The zero-order valence-electron chi connectivity index (χ0n) is 11.6. The number of nitrogens with zero attached hydrogens (tertiary/aromatic N) is 2. The Hall–Kier alpha value is -1.78. The van der Waals surface area contributed by atoms with Crippen molar-refractivity contribution in [2.75, 3.05) is 13.1 Å². The van der Waals surface area contributed by atoms with Gasteiger partial charge in [0, 0.05) is 19.2 Å². The molecule has 2 heterocycles. The molecule has 1 fully saturated rings. The fraction of sp³-hybridized carbons (Fsp3) is 0.571. The molecule has 0 unspecified atom stereocenters. The fourth-order valence-electron chi connectivity index (χ4n) is 1.93. The molecule has 1 saturated heterocycles. The highest BCUT2D eigenvalue weighted by Gasteiger charge is 2.30. The molecule has 1 aromatic heterocycles. The molecule has 2 rings (SSSR count). The molecule has 1 amide bonds. The minimum Gasteiger partial charge on any atom is -0.487 e. The highest BCUT2D eigenvalue weighted by Crippen LogP contribution is 2.19. The third-order valence-electron chi connectivity index (χ3n) is 2.73. The normalized spacial score (nSPS) is 19.3. The van der Waals surface area contributed by atoms with E-state index in [9.17, 15) is 4.79 Å². The van der Waals surface area contributed by atoms with Crippen LogP contribution in [-0.2, 0) is 4.74 Å². The van der Waals surface area contributed by atoms with Crippen molar-refractivity contribution in [1.82, 2.24) is 9.88 Å². The van der Waals surface area contributed by atoms with Crippen LogP contribution in [0.2, 0.25) is 0 Å². The Morgan fingerprint density at radius 1 is 1.47 bits per heavy atom. The first kappa shape index (κ1) is 13.6. The lowest BCUT2D eigenvalue weighted by Crippen LogP contribution is -2.36. The van der Waals surface area contributed by atoms with Crippen LogP contribution in [0, 0.1) is 0 Å². The summed E-state index contributed by atoms with van der Waals surface area (Å²) >= 11 is 0. The minimum absolute atomic E-state index is 0.0109. The topological polar surface area (TPSA) is 51.7 Å². The third-order valence-corrected chi connectivity index (χ3v) is 2.73. The average Bonchev–Trinajstić information content (AvgIpc) is 2.77. The van der Waals surface area contributed by atoms with Gasteiger partial charge in [-0.05, 0) is 32.9 Å². The Morgan fingerprint density at radius 2 is 2.26 bits per heavy atom. The number of ether oxygens (including phenoxy) is 2. The van der Waals surface area contributed by atoms with Crippen LogP contribution in [-0.4, -0.2) is 40.8 Å². The zero-order valence-corrected chi connectivity index (χ0v) is 11.6. The van der Waals surface area contributed by atoms with E-state index in [2.05, 4.69) is 4.98 Å². The second-order valence-electron chi connectivity index (χ2n) is 5.64. The Balaban J connectivity index is 1.85. The van der Waals surface area contributed by atoms with Gasteiger partial charge in [0.05, 0.1) is 12.7 Å². The molecule has 1 aromatic rings. The Kier molecular flexibility index (Phi) is 3.93. The van der Waals surface area contributed by atoms with Crippen LogP contribution in [0.25, 0.3) is 0 Å². The summed E-state index contributed by atoms with van der Waals surface area (Å²) in [5.74, 6) is 0.735. The second kappa shape index (κ2) is 5.47. The summed E-state index contributed by atoms with van der Waals surface area (Å²) in [6, 6.07) is 3.69. The standard InChI is InChI=1S/C14H20N2O3/c1-14(2,3)19-13(17)16-8-6-12(10-16)18-11-5-4-7-15-9-11/h4-5,7,9,12H,6,8,10H2,1-3H3/t12-/m1/s1. The van der Waals surface area contributed by atoms with Gasteiger partial charge in [0.2, 0.25) is 0 Å². The fourth-order valence-corrected chi connectivity index (χ4v) is 1.93. The van der Waals surface area contributed by atoms with E-state index in [4.69, 9.17) is 9.47 Å². The molecular weight excluding hydrogens is 244 g/mol. The summed E-state index contributed by atoms with van der Waals surface area (Å²) in [7, 11) is 0. The van der Waals surface area contributed by atoms with Gasteiger partial charge in [-0.1, -0.05) is 0 Å². The smallest absolute Gasteiger partial charge is 0.410 e. The summed E-state index contributed by atoms with van der Waals surface area (Å²) < 4.78 is 11.1. The van der Waals surface area contributed by atoms with Gasteiger partial charge in [-0.2, -0.15) is 0 Å². The van der Waals surface area contributed by atoms with Crippen molar-refractivity contribution in [2.24, 2.45) is 0 Å². The van der Waals surface area contributed by atoms with E-state index < -0.39 is 5.60 Å². The van der Waals surface area contributed by atoms with Gasteiger partial charge >= 0.3 is 6.09 Å². The molecule has 104 valence electrons. The van der Waals surface area contributed by atoms with Crippen molar-refractivity contribution in [2.45, 2.75) is 38.9 Å². The molecule has 1 aliphatic heterocycles. The molecule has 5 heteroatoms. The van der Waals surface area contributed by atoms with Crippen molar-refractivity contribution < 1.29 is 14.3 Å². The molecule has 0 N–H and O–H groups in total. The number of amides is 1. The molecular formula is C14H20N2O3. The van der Waals surface area contributed by atoms with Crippen LogP contribution in [0.15, 0.2) is 24.5 Å². The van der Waals surface area contributed by atoms with E-state index in [0.717, 1.165) is 12.2 Å². The summed E-state index contributed by atoms with van der Waals surface area (Å²) in [6.07, 6.45) is 3.93. The van der Waals surface area contributed by atoms with Gasteiger partial charge in [-0.3, -0.25) is 4.98 Å². The quantitative estimate of drug-likeness (QED) is 0.823. The molecule has 19 heavy (non-hydrogen) atoms. The first-order valence-electron chi connectivity index (χ1n) is 6.49. The van der Waals surface area contributed by atoms with Gasteiger partial charge in [0.25, 0.3) is 0 Å². The van der Waals surface area contributed by atoms with E-state index in [1.54, 1.807) is 17.3 Å². The van der Waals surface area contributed by atoms with Crippen molar-refractivity contribution in [3.63, 3.8) is 0 Å². The maximum Gasteiger partial charge on any atom is 0.410 e. The second-order valence-corrected chi connectivity index (χ2v) is 5.64. The lowest BCUT2D eigenvalue weighted by molar-refractivity contribution is 0.0275. The van der Waals surface area contributed by atoms with Gasteiger partial charge in [-0.15, -0.1) is 0 Å². The summed E-state index contributed by atoms with van der Waals surface area (Å²) in [4.78, 5) is 17.6. The van der Waals surface area contributed by atoms with Crippen molar-refractivity contribution in [3.8, 4) is 5.75 Å². The van der Waals surface area contributed by atoms with Crippen LogP contribution >= 0.6 is 0 Å². The van der Waals surface area contributed by atoms with E-state index in [1.165, 1.54) is 0 Å². The van der Waals surface area contributed by atoms with Crippen molar-refractivity contribution >= 4 is 6.09 Å². The van der Waals surface area contributed by atoms with E-state index in [-0.39, 0.29) is 12.2 Å². The number of hydrogen-bond donors (Lipinski definition) is 0. The molecule has 0 saturated carbocycles. The number of carbonyl (C=O) groups is 1. The largest absolute Gasteiger partial charge is 0.487 e. The predicted octanol–water partition coefficient (Wildman–Crippen LogP) is 2.47. The number of rotatable bonds is 2. The third kappa shape index (κ3) is 4.12. The molecule has 5 nitrogen and oxygen atoms in total. The first-order valence-corrected chi connectivity index (χ1v) is 6.49. The van der Waals surface area contributed by atoms with Gasteiger partial charge in [0.15, 0.2) is 0 Å². The Labute approximate surface area is 113 Å². The van der Waals surface area contributed by atoms with E-state index in [0.29, 0.717) is 13.1 Å². The van der Waals surface area contributed by atoms with Gasteiger partial charge in [-0.25, -0.2) is 4.79 Å².